The van der Waals surface area contributed by atoms with Crippen LogP contribution in [0.5, 0.6) is 0 Å². The van der Waals surface area contributed by atoms with E-state index in [-0.39, 0.29) is 0 Å². The summed E-state index contributed by atoms with van der Waals surface area (Å²) in [6, 6.07) is 13.3. The fraction of sp³-hybridized carbons (Fsp3) is 0.438. The summed E-state index contributed by atoms with van der Waals surface area (Å²) in [7, 11) is 0. The standard InChI is InChI=1S/C16H21N3/c17-11-4-12-19(14-6-3-7-14)16-10-9-13-5-1-2-8-15(13)18-16/h1-2,5,8-10,14H,3-4,6-7,11-12,17H2. The summed E-state index contributed by atoms with van der Waals surface area (Å²) in [4.78, 5) is 7.26. The predicted molar refractivity (Wildman–Crippen MR) is 80.4 cm³/mol. The van der Waals surface area contributed by atoms with E-state index < -0.39 is 0 Å². The number of hydrogen-bond donors (Lipinski definition) is 1. The Morgan fingerprint density at radius 2 is 2.00 bits per heavy atom. The van der Waals surface area contributed by atoms with E-state index in [9.17, 15) is 0 Å². The van der Waals surface area contributed by atoms with Crippen molar-refractivity contribution in [3.63, 3.8) is 0 Å². The second kappa shape index (κ2) is 5.57. The summed E-state index contributed by atoms with van der Waals surface area (Å²) in [6.45, 7) is 1.77. The van der Waals surface area contributed by atoms with Gasteiger partial charge in [-0.3, -0.25) is 0 Å². The Kier molecular flexibility index (Phi) is 3.65. The third-order valence-electron chi connectivity index (χ3n) is 4.00. The van der Waals surface area contributed by atoms with E-state index >= 15 is 0 Å². The molecule has 1 aliphatic carbocycles. The molecule has 3 heteroatoms. The Morgan fingerprint density at radius 1 is 1.16 bits per heavy atom. The maximum absolute atomic E-state index is 5.66. The van der Waals surface area contributed by atoms with Crippen molar-refractivity contribution in [2.75, 3.05) is 18.0 Å². The summed E-state index contributed by atoms with van der Waals surface area (Å²) < 4.78 is 0. The second-order valence-electron chi connectivity index (χ2n) is 5.28. The molecule has 2 aromatic rings. The minimum atomic E-state index is 0.667. The van der Waals surface area contributed by atoms with E-state index in [4.69, 9.17) is 10.7 Å². The fourth-order valence-corrected chi connectivity index (χ4v) is 2.66. The first-order valence-corrected chi connectivity index (χ1v) is 7.21. The third kappa shape index (κ3) is 2.56. The van der Waals surface area contributed by atoms with Gasteiger partial charge in [0.25, 0.3) is 0 Å². The van der Waals surface area contributed by atoms with Gasteiger partial charge in [-0.25, -0.2) is 4.98 Å². The predicted octanol–water partition coefficient (Wildman–Crippen LogP) is 2.94. The molecule has 0 radical (unpaired) electrons. The van der Waals surface area contributed by atoms with Crippen molar-refractivity contribution in [2.24, 2.45) is 5.73 Å². The van der Waals surface area contributed by atoms with Crippen LogP contribution in [-0.2, 0) is 0 Å². The molecule has 0 spiro atoms. The number of hydrogen-bond acceptors (Lipinski definition) is 3. The van der Waals surface area contributed by atoms with Crippen LogP contribution in [0.15, 0.2) is 36.4 Å². The van der Waals surface area contributed by atoms with E-state index in [1.54, 1.807) is 0 Å². The average molecular weight is 255 g/mol. The van der Waals surface area contributed by atoms with Gasteiger partial charge in [0.2, 0.25) is 0 Å². The topological polar surface area (TPSA) is 42.1 Å². The van der Waals surface area contributed by atoms with Gasteiger partial charge in [0.15, 0.2) is 0 Å². The third-order valence-corrected chi connectivity index (χ3v) is 4.00. The van der Waals surface area contributed by atoms with Gasteiger partial charge >= 0.3 is 0 Å². The van der Waals surface area contributed by atoms with E-state index in [0.29, 0.717) is 6.04 Å². The zero-order chi connectivity index (χ0) is 13.1. The molecular weight excluding hydrogens is 234 g/mol. The number of benzene rings is 1. The number of rotatable bonds is 5. The maximum Gasteiger partial charge on any atom is 0.129 e. The van der Waals surface area contributed by atoms with Crippen molar-refractivity contribution in [3.8, 4) is 0 Å². The minimum absolute atomic E-state index is 0.667. The van der Waals surface area contributed by atoms with Crippen LogP contribution < -0.4 is 10.6 Å². The van der Waals surface area contributed by atoms with Crippen molar-refractivity contribution >= 4 is 16.7 Å². The smallest absolute Gasteiger partial charge is 0.129 e. The lowest BCUT2D eigenvalue weighted by Gasteiger charge is -2.38. The molecule has 0 saturated heterocycles. The lowest BCUT2D eigenvalue weighted by Crippen LogP contribution is -2.41. The van der Waals surface area contributed by atoms with Crippen LogP contribution in [0.3, 0.4) is 0 Å². The van der Waals surface area contributed by atoms with Gasteiger partial charge in [0, 0.05) is 18.0 Å². The summed E-state index contributed by atoms with van der Waals surface area (Å²) in [5.41, 5.74) is 6.74. The van der Waals surface area contributed by atoms with Crippen LogP contribution in [0.4, 0.5) is 5.82 Å². The highest BCUT2D eigenvalue weighted by Gasteiger charge is 2.25. The molecule has 100 valence electrons. The van der Waals surface area contributed by atoms with Crippen molar-refractivity contribution in [3.05, 3.63) is 36.4 Å². The molecule has 0 bridgehead atoms. The Hall–Kier alpha value is -1.61. The maximum atomic E-state index is 5.66. The molecule has 1 saturated carbocycles. The lowest BCUT2D eigenvalue weighted by atomic mass is 9.91. The Balaban J connectivity index is 1.89. The number of pyridine rings is 1. The number of nitrogens with two attached hydrogens (primary N) is 1. The summed E-state index contributed by atoms with van der Waals surface area (Å²) in [5, 5.41) is 1.21. The molecule has 0 unspecified atom stereocenters. The van der Waals surface area contributed by atoms with Crippen LogP contribution in [0.1, 0.15) is 25.7 Å². The summed E-state index contributed by atoms with van der Waals surface area (Å²) in [6.07, 6.45) is 4.96. The largest absolute Gasteiger partial charge is 0.354 e. The van der Waals surface area contributed by atoms with E-state index in [2.05, 4.69) is 35.2 Å². The van der Waals surface area contributed by atoms with Gasteiger partial charge in [-0.15, -0.1) is 0 Å². The van der Waals surface area contributed by atoms with Crippen molar-refractivity contribution < 1.29 is 0 Å². The molecule has 0 atom stereocenters. The molecule has 0 amide bonds. The monoisotopic (exact) mass is 255 g/mol. The molecule has 2 N–H and O–H groups in total. The zero-order valence-electron chi connectivity index (χ0n) is 11.3. The summed E-state index contributed by atoms with van der Waals surface area (Å²) in [5.74, 6) is 1.11. The van der Waals surface area contributed by atoms with E-state index in [1.807, 2.05) is 6.07 Å². The van der Waals surface area contributed by atoms with Gasteiger partial charge in [-0.2, -0.15) is 0 Å². The Labute approximate surface area is 114 Å². The molecule has 1 aliphatic rings. The van der Waals surface area contributed by atoms with Crippen LogP contribution in [0.25, 0.3) is 10.9 Å². The zero-order valence-corrected chi connectivity index (χ0v) is 11.3. The van der Waals surface area contributed by atoms with Crippen LogP contribution >= 0.6 is 0 Å². The molecular formula is C16H21N3. The number of fused-ring (bicyclic) bond motifs is 1. The van der Waals surface area contributed by atoms with Gasteiger partial charge in [-0.1, -0.05) is 18.2 Å². The normalized spacial score (nSPS) is 15.4. The Bertz CT molecular complexity index is 548. The number of para-hydroxylation sites is 1. The number of nitrogens with zero attached hydrogens (tertiary/aromatic N) is 2. The Morgan fingerprint density at radius 3 is 2.74 bits per heavy atom. The van der Waals surface area contributed by atoms with Gasteiger partial charge < -0.3 is 10.6 Å². The van der Waals surface area contributed by atoms with Gasteiger partial charge in [-0.05, 0) is 50.4 Å². The van der Waals surface area contributed by atoms with Crippen molar-refractivity contribution in [1.29, 1.82) is 0 Å². The highest BCUT2D eigenvalue weighted by Crippen LogP contribution is 2.29. The first-order chi connectivity index (χ1) is 9.38. The first-order valence-electron chi connectivity index (χ1n) is 7.21. The molecule has 1 aromatic heterocycles. The molecule has 0 aliphatic heterocycles. The average Bonchev–Trinajstić information content (AvgIpc) is 2.40. The second-order valence-corrected chi connectivity index (χ2v) is 5.28. The van der Waals surface area contributed by atoms with Gasteiger partial charge in [0.05, 0.1) is 5.52 Å². The van der Waals surface area contributed by atoms with Crippen molar-refractivity contribution in [1.82, 2.24) is 4.98 Å². The minimum Gasteiger partial charge on any atom is -0.354 e. The highest BCUT2D eigenvalue weighted by atomic mass is 15.2. The highest BCUT2D eigenvalue weighted by molar-refractivity contribution is 5.80. The molecule has 19 heavy (non-hydrogen) atoms. The number of anilines is 1. The van der Waals surface area contributed by atoms with Crippen LogP contribution in [0, 0.1) is 0 Å². The molecule has 1 fully saturated rings. The van der Waals surface area contributed by atoms with E-state index in [1.165, 1.54) is 24.6 Å². The molecule has 3 nitrogen and oxygen atoms in total. The van der Waals surface area contributed by atoms with Gasteiger partial charge in [0.1, 0.15) is 5.82 Å². The van der Waals surface area contributed by atoms with Crippen molar-refractivity contribution in [2.45, 2.75) is 31.7 Å². The lowest BCUT2D eigenvalue weighted by molar-refractivity contribution is 0.383. The molecule has 1 heterocycles. The summed E-state index contributed by atoms with van der Waals surface area (Å²) >= 11 is 0. The van der Waals surface area contributed by atoms with Crippen LogP contribution in [-0.4, -0.2) is 24.1 Å². The first kappa shape index (κ1) is 12.4. The number of aromatic nitrogens is 1. The quantitative estimate of drug-likeness (QED) is 0.893. The molecule has 1 aromatic carbocycles. The van der Waals surface area contributed by atoms with E-state index in [0.717, 1.165) is 30.8 Å². The van der Waals surface area contributed by atoms with Crippen LogP contribution in [0.2, 0.25) is 0 Å². The molecule has 3 rings (SSSR count). The fourth-order valence-electron chi connectivity index (χ4n) is 2.66. The SMILES string of the molecule is NCCCN(c1ccc2ccccc2n1)C1CCC1.